The molecule has 1 N–H and O–H groups in total. The van der Waals surface area contributed by atoms with Gasteiger partial charge in [-0.2, -0.15) is 0 Å². The first kappa shape index (κ1) is 28.8. The van der Waals surface area contributed by atoms with Crippen molar-refractivity contribution in [3.8, 4) is 0 Å². The van der Waals surface area contributed by atoms with Gasteiger partial charge < -0.3 is 0 Å². The molecule has 3 rings (SSSR count). The summed E-state index contributed by atoms with van der Waals surface area (Å²) in [5.74, 6) is -0.589. The van der Waals surface area contributed by atoms with Gasteiger partial charge in [0.2, 0.25) is 5.44 Å². The maximum atomic E-state index is 12.5. The standard InChI is InChI=1S/C22H16Cl4NOP.ClHO4/c23-19(24)21(28)27-22(20(25)26)29(16-10-4-1-5-11-16,17-12-6-2-7-13-17)18-14-8-3-9-15-18;2-1(3,4)5/h1-15,19H;(H,2,3,4,5). The number of rotatable bonds is 6. The summed E-state index contributed by atoms with van der Waals surface area (Å²) < 4.78 is 33.9. The number of carbonyl (C=O) groups is 1. The predicted octanol–water partition coefficient (Wildman–Crippen LogP) is 0.749. The van der Waals surface area contributed by atoms with E-state index in [0.717, 1.165) is 15.9 Å². The first-order valence-corrected chi connectivity index (χ1v) is 14.0. The van der Waals surface area contributed by atoms with E-state index in [-0.39, 0.29) is 4.49 Å². The SMILES string of the molecule is O=C(NC(=C(Cl)Cl)[P+](c1ccccc1)(c1ccccc1)c1ccccc1)C(Cl)Cl.[O-][Cl+3]([O-])([O-])[O-]. The first-order valence-electron chi connectivity index (χ1n) is 9.30. The van der Waals surface area contributed by atoms with Crippen LogP contribution in [0.2, 0.25) is 0 Å². The van der Waals surface area contributed by atoms with Crippen LogP contribution in [-0.4, -0.2) is 10.7 Å². The van der Waals surface area contributed by atoms with Crippen LogP contribution in [0.25, 0.3) is 0 Å². The van der Waals surface area contributed by atoms with Crippen LogP contribution in [-0.2, 0) is 4.79 Å². The van der Waals surface area contributed by atoms with Gasteiger partial charge in [0.1, 0.15) is 15.9 Å². The average Bonchev–Trinajstić information content (AvgIpc) is 2.79. The molecule has 180 valence electrons. The highest BCUT2D eigenvalue weighted by atomic mass is 35.7. The van der Waals surface area contributed by atoms with Gasteiger partial charge >= 0.3 is 0 Å². The van der Waals surface area contributed by atoms with Gasteiger partial charge in [0.15, 0.2) is 16.6 Å². The molecule has 0 fully saturated rings. The predicted molar refractivity (Wildman–Crippen MR) is 128 cm³/mol. The van der Waals surface area contributed by atoms with Crippen molar-refractivity contribution in [2.75, 3.05) is 0 Å². The first-order chi connectivity index (χ1) is 16.0. The Kier molecular flexibility index (Phi) is 11.1. The third kappa shape index (κ3) is 7.80. The Morgan fingerprint density at radius 2 is 1.00 bits per heavy atom. The number of amides is 1. The molecular formula is C22H17Cl5NO5P. The lowest BCUT2D eigenvalue weighted by Gasteiger charge is -2.29. The number of alkyl halides is 2. The van der Waals surface area contributed by atoms with Crippen molar-refractivity contribution in [1.82, 2.24) is 5.32 Å². The van der Waals surface area contributed by atoms with Crippen molar-refractivity contribution in [2.24, 2.45) is 0 Å². The Morgan fingerprint density at radius 1 is 0.706 bits per heavy atom. The zero-order valence-corrected chi connectivity index (χ0v) is 21.8. The van der Waals surface area contributed by atoms with E-state index in [2.05, 4.69) is 5.32 Å². The molecule has 0 radical (unpaired) electrons. The summed E-state index contributed by atoms with van der Waals surface area (Å²) in [4.78, 5) is 11.2. The van der Waals surface area contributed by atoms with E-state index in [4.69, 9.17) is 65.0 Å². The highest BCUT2D eigenvalue weighted by Gasteiger charge is 2.52. The molecule has 12 heteroatoms. The Balaban J connectivity index is 0.000000739. The Labute approximate surface area is 219 Å². The highest BCUT2D eigenvalue weighted by Crippen LogP contribution is 2.63. The summed E-state index contributed by atoms with van der Waals surface area (Å²) in [6, 6.07) is 29.6. The number of carbonyl (C=O) groups excluding carboxylic acids is 1. The van der Waals surface area contributed by atoms with E-state index < -0.39 is 28.2 Å². The van der Waals surface area contributed by atoms with Crippen molar-refractivity contribution in [3.05, 3.63) is 101 Å². The molecular weight excluding hydrogens is 566 g/mol. The van der Waals surface area contributed by atoms with E-state index >= 15 is 0 Å². The van der Waals surface area contributed by atoms with Crippen LogP contribution in [0.3, 0.4) is 0 Å². The quantitative estimate of drug-likeness (QED) is 0.339. The highest BCUT2D eigenvalue weighted by molar-refractivity contribution is 7.99. The summed E-state index contributed by atoms with van der Waals surface area (Å²) in [5.41, 5.74) is 0.390. The zero-order valence-electron chi connectivity index (χ0n) is 17.1. The summed E-state index contributed by atoms with van der Waals surface area (Å²) in [5, 5.41) is 5.75. The molecule has 0 saturated heterocycles. The number of hydrogen-bond acceptors (Lipinski definition) is 5. The smallest absolute Gasteiger partial charge is 0.260 e. The molecule has 1 amide bonds. The van der Waals surface area contributed by atoms with Crippen LogP contribution in [0.1, 0.15) is 0 Å². The fourth-order valence-electron chi connectivity index (χ4n) is 3.22. The summed E-state index contributed by atoms with van der Waals surface area (Å²) >= 11 is 24.4. The van der Waals surface area contributed by atoms with Gasteiger partial charge in [-0.25, -0.2) is 18.6 Å². The molecule has 0 atom stereocenters. The van der Waals surface area contributed by atoms with E-state index in [1.165, 1.54) is 0 Å². The normalized spacial score (nSPS) is 11.3. The second kappa shape index (κ2) is 13.1. The van der Waals surface area contributed by atoms with Gasteiger partial charge in [0.05, 0.1) is 0 Å². The molecule has 0 saturated carbocycles. The Morgan fingerprint density at radius 3 is 1.24 bits per heavy atom. The number of hydrogen-bond donors (Lipinski definition) is 1. The fraction of sp³-hybridized carbons (Fsp3) is 0.0455. The minimum atomic E-state index is -4.94. The van der Waals surface area contributed by atoms with Gasteiger partial charge in [-0.05, 0) is 36.4 Å². The lowest BCUT2D eigenvalue weighted by atomic mass is 10.4. The molecule has 0 bridgehead atoms. The number of benzene rings is 3. The number of halogens is 5. The molecule has 0 unspecified atom stereocenters. The molecule has 34 heavy (non-hydrogen) atoms. The maximum absolute atomic E-state index is 12.5. The molecule has 0 heterocycles. The van der Waals surface area contributed by atoms with Crippen molar-refractivity contribution in [2.45, 2.75) is 4.84 Å². The second-order valence-corrected chi connectivity index (χ2v) is 12.6. The topological polar surface area (TPSA) is 121 Å². The second-order valence-electron chi connectivity index (χ2n) is 6.45. The molecule has 0 aliphatic heterocycles. The molecule has 0 aliphatic carbocycles. The fourth-order valence-corrected chi connectivity index (χ4v) is 8.24. The van der Waals surface area contributed by atoms with Crippen molar-refractivity contribution in [3.63, 3.8) is 0 Å². The van der Waals surface area contributed by atoms with Crippen molar-refractivity contribution < 1.29 is 33.7 Å². The van der Waals surface area contributed by atoms with Crippen molar-refractivity contribution >= 4 is 75.5 Å². The molecule has 0 aliphatic rings. The zero-order chi connectivity index (χ0) is 25.4. The molecule has 0 aromatic heterocycles. The largest absolute Gasteiger partial charge is 0.292 e. The Bertz CT molecular complexity index is 990. The lowest BCUT2D eigenvalue weighted by Crippen LogP contribution is -2.68. The maximum Gasteiger partial charge on any atom is 0.260 e. The summed E-state index contributed by atoms with van der Waals surface area (Å²) in [6.45, 7) is 0. The van der Waals surface area contributed by atoms with E-state index in [0.29, 0.717) is 5.44 Å². The molecule has 3 aromatic carbocycles. The van der Waals surface area contributed by atoms with Crippen LogP contribution >= 0.6 is 53.7 Å². The number of nitrogens with one attached hydrogen (secondary N) is 1. The van der Waals surface area contributed by atoms with Crippen molar-refractivity contribution in [1.29, 1.82) is 0 Å². The monoisotopic (exact) mass is 581 g/mol. The third-order valence-corrected chi connectivity index (χ3v) is 9.65. The van der Waals surface area contributed by atoms with Gasteiger partial charge in [-0.3, -0.25) is 10.1 Å². The van der Waals surface area contributed by atoms with E-state index in [9.17, 15) is 4.79 Å². The lowest BCUT2D eigenvalue weighted by molar-refractivity contribution is -2.00. The van der Waals surface area contributed by atoms with Gasteiger partial charge in [-0.1, -0.05) is 101 Å². The van der Waals surface area contributed by atoms with Crippen LogP contribution in [0.15, 0.2) is 101 Å². The molecule has 6 nitrogen and oxygen atoms in total. The van der Waals surface area contributed by atoms with Gasteiger partial charge in [0.25, 0.3) is 5.91 Å². The summed E-state index contributed by atoms with van der Waals surface area (Å²) in [6.07, 6.45) is 0. The molecule has 3 aromatic rings. The van der Waals surface area contributed by atoms with E-state index in [1.54, 1.807) is 0 Å². The Hall–Kier alpha value is -1.41. The van der Waals surface area contributed by atoms with Crippen LogP contribution < -0.4 is 39.9 Å². The van der Waals surface area contributed by atoms with E-state index in [1.807, 2.05) is 91.0 Å². The summed E-state index contributed by atoms with van der Waals surface area (Å²) in [7, 11) is -7.59. The van der Waals surface area contributed by atoms with Crippen LogP contribution in [0.5, 0.6) is 0 Å². The van der Waals surface area contributed by atoms with Gasteiger partial charge in [-0.15, -0.1) is 10.2 Å². The minimum Gasteiger partial charge on any atom is -0.292 e. The van der Waals surface area contributed by atoms with Crippen LogP contribution in [0.4, 0.5) is 0 Å². The molecule has 0 spiro atoms. The average molecular weight is 584 g/mol. The van der Waals surface area contributed by atoms with Gasteiger partial charge in [0, 0.05) is 0 Å². The third-order valence-electron chi connectivity index (χ3n) is 4.38. The van der Waals surface area contributed by atoms with Crippen LogP contribution in [0, 0.1) is 10.2 Å². The minimum absolute atomic E-state index is 0.0442.